The molecular formula is C13H14O6. The zero-order valence-corrected chi connectivity index (χ0v) is 10.4. The average Bonchev–Trinajstić information content (AvgIpc) is 2.41. The Balaban J connectivity index is 2.51. The van der Waals surface area contributed by atoms with Crippen molar-refractivity contribution in [1.82, 2.24) is 0 Å². The molecule has 19 heavy (non-hydrogen) atoms. The second kappa shape index (κ2) is 5.62. The highest BCUT2D eigenvalue weighted by molar-refractivity contribution is 5.86. The molecule has 6 heteroatoms. The van der Waals surface area contributed by atoms with Crippen LogP contribution in [0.4, 0.5) is 0 Å². The Labute approximate surface area is 108 Å². The second-order valence-electron chi connectivity index (χ2n) is 3.73. The van der Waals surface area contributed by atoms with E-state index in [1.807, 2.05) is 0 Å². The van der Waals surface area contributed by atoms with Gasteiger partial charge in [-0.15, -0.1) is 0 Å². The summed E-state index contributed by atoms with van der Waals surface area (Å²) in [5.74, 6) is -0.00547. The lowest BCUT2D eigenvalue weighted by molar-refractivity contribution is 0.201. The molecule has 0 bridgehead atoms. The Hall–Kier alpha value is -2.21. The number of fused-ring (bicyclic) bond motifs is 1. The standard InChI is InChI=1S/C13H14O6/c1-2-17-12-11(15)9-4-3-8(18-6-5-14)7-10(9)19-13(12)16/h3-4,7,14-15H,2,5-6H2,1H3. The molecule has 0 saturated heterocycles. The van der Waals surface area contributed by atoms with Gasteiger partial charge in [-0.05, 0) is 19.1 Å². The summed E-state index contributed by atoms with van der Waals surface area (Å²) in [4.78, 5) is 11.6. The van der Waals surface area contributed by atoms with Gasteiger partial charge in [-0.3, -0.25) is 0 Å². The van der Waals surface area contributed by atoms with Crippen LogP contribution >= 0.6 is 0 Å². The fourth-order valence-electron chi connectivity index (χ4n) is 1.67. The zero-order valence-electron chi connectivity index (χ0n) is 10.4. The molecule has 0 amide bonds. The van der Waals surface area contributed by atoms with Gasteiger partial charge in [0.15, 0.2) is 5.75 Å². The summed E-state index contributed by atoms with van der Waals surface area (Å²) < 4.78 is 15.3. The molecule has 0 radical (unpaired) electrons. The first-order chi connectivity index (χ1) is 9.17. The summed E-state index contributed by atoms with van der Waals surface area (Å²) in [6.07, 6.45) is 0. The van der Waals surface area contributed by atoms with Gasteiger partial charge >= 0.3 is 5.63 Å². The topological polar surface area (TPSA) is 89.1 Å². The molecular weight excluding hydrogens is 252 g/mol. The van der Waals surface area contributed by atoms with Gasteiger partial charge in [0.05, 0.1) is 18.6 Å². The predicted molar refractivity (Wildman–Crippen MR) is 67.9 cm³/mol. The number of ether oxygens (including phenoxy) is 2. The summed E-state index contributed by atoms with van der Waals surface area (Å²) in [5, 5.41) is 19.0. The minimum atomic E-state index is -0.744. The number of aliphatic hydroxyl groups excluding tert-OH is 1. The molecule has 2 rings (SSSR count). The summed E-state index contributed by atoms with van der Waals surface area (Å²) in [7, 11) is 0. The maximum absolute atomic E-state index is 11.6. The molecule has 0 spiro atoms. The van der Waals surface area contributed by atoms with E-state index >= 15 is 0 Å². The van der Waals surface area contributed by atoms with Crippen LogP contribution < -0.4 is 15.1 Å². The van der Waals surface area contributed by atoms with Crippen LogP contribution in [0.2, 0.25) is 0 Å². The highest BCUT2D eigenvalue weighted by Crippen LogP contribution is 2.33. The Morgan fingerprint density at radius 3 is 2.79 bits per heavy atom. The van der Waals surface area contributed by atoms with Gasteiger partial charge in [-0.25, -0.2) is 4.79 Å². The molecule has 1 aromatic heterocycles. The van der Waals surface area contributed by atoms with Gasteiger partial charge in [0.2, 0.25) is 5.75 Å². The third kappa shape index (κ3) is 2.63. The quantitative estimate of drug-likeness (QED) is 0.792. The summed E-state index contributed by atoms with van der Waals surface area (Å²) in [6, 6.07) is 4.64. The van der Waals surface area contributed by atoms with Crippen LogP contribution in [0.25, 0.3) is 11.0 Å². The normalized spacial score (nSPS) is 10.6. The monoisotopic (exact) mass is 266 g/mol. The van der Waals surface area contributed by atoms with E-state index in [0.29, 0.717) is 11.1 Å². The van der Waals surface area contributed by atoms with Crippen LogP contribution in [0.1, 0.15) is 6.92 Å². The van der Waals surface area contributed by atoms with Crippen LogP contribution in [0.5, 0.6) is 17.2 Å². The molecule has 2 aromatic rings. The molecule has 6 nitrogen and oxygen atoms in total. The molecule has 0 unspecified atom stereocenters. The van der Waals surface area contributed by atoms with Crippen molar-refractivity contribution in [3.63, 3.8) is 0 Å². The second-order valence-corrected chi connectivity index (χ2v) is 3.73. The van der Waals surface area contributed by atoms with E-state index in [2.05, 4.69) is 0 Å². The van der Waals surface area contributed by atoms with Crippen molar-refractivity contribution >= 4 is 11.0 Å². The van der Waals surface area contributed by atoms with Crippen molar-refractivity contribution in [3.05, 3.63) is 28.6 Å². The first-order valence-corrected chi connectivity index (χ1v) is 5.83. The molecule has 102 valence electrons. The van der Waals surface area contributed by atoms with Crippen molar-refractivity contribution in [2.24, 2.45) is 0 Å². The van der Waals surface area contributed by atoms with Crippen LogP contribution in [-0.4, -0.2) is 30.0 Å². The molecule has 0 fully saturated rings. The lowest BCUT2D eigenvalue weighted by Crippen LogP contribution is -2.07. The van der Waals surface area contributed by atoms with Crippen LogP contribution in [0, 0.1) is 0 Å². The number of hydrogen-bond acceptors (Lipinski definition) is 6. The number of benzene rings is 1. The summed E-state index contributed by atoms with van der Waals surface area (Å²) in [6.45, 7) is 1.98. The SMILES string of the molecule is CCOc1c(O)c2ccc(OCCO)cc2oc1=O. The molecule has 0 aliphatic rings. The third-order valence-electron chi connectivity index (χ3n) is 2.46. The maximum Gasteiger partial charge on any atom is 0.383 e. The molecule has 1 aromatic carbocycles. The van der Waals surface area contributed by atoms with Gasteiger partial charge in [0, 0.05) is 6.07 Å². The fraction of sp³-hybridized carbons (Fsp3) is 0.308. The average molecular weight is 266 g/mol. The Morgan fingerprint density at radius 2 is 2.11 bits per heavy atom. The Bertz CT molecular complexity index is 631. The van der Waals surface area contributed by atoms with E-state index in [1.54, 1.807) is 19.1 Å². The van der Waals surface area contributed by atoms with Crippen LogP contribution in [-0.2, 0) is 0 Å². The highest BCUT2D eigenvalue weighted by atomic mass is 16.5. The van der Waals surface area contributed by atoms with E-state index < -0.39 is 5.63 Å². The van der Waals surface area contributed by atoms with Gasteiger partial charge in [0.1, 0.15) is 17.9 Å². The Kier molecular flexibility index (Phi) is 3.91. The number of hydrogen-bond donors (Lipinski definition) is 2. The van der Waals surface area contributed by atoms with E-state index in [4.69, 9.17) is 19.0 Å². The first-order valence-electron chi connectivity index (χ1n) is 5.83. The Morgan fingerprint density at radius 1 is 1.32 bits per heavy atom. The first kappa shape index (κ1) is 13.2. The fourth-order valence-corrected chi connectivity index (χ4v) is 1.67. The van der Waals surface area contributed by atoms with Crippen LogP contribution in [0.3, 0.4) is 0 Å². The number of aromatic hydroxyl groups is 1. The summed E-state index contributed by atoms with van der Waals surface area (Å²) >= 11 is 0. The van der Waals surface area contributed by atoms with Crippen molar-refractivity contribution in [2.75, 3.05) is 19.8 Å². The number of aliphatic hydroxyl groups is 1. The number of rotatable bonds is 5. The van der Waals surface area contributed by atoms with Crippen molar-refractivity contribution in [1.29, 1.82) is 0 Å². The smallest absolute Gasteiger partial charge is 0.383 e. The van der Waals surface area contributed by atoms with E-state index in [-0.39, 0.29) is 36.9 Å². The molecule has 0 aliphatic carbocycles. The minimum absolute atomic E-state index is 0.115. The molecule has 0 atom stereocenters. The van der Waals surface area contributed by atoms with E-state index in [9.17, 15) is 9.90 Å². The van der Waals surface area contributed by atoms with Gasteiger partial charge in [0.25, 0.3) is 0 Å². The van der Waals surface area contributed by atoms with Crippen molar-refractivity contribution in [2.45, 2.75) is 6.92 Å². The van der Waals surface area contributed by atoms with Gasteiger partial charge in [-0.2, -0.15) is 0 Å². The third-order valence-corrected chi connectivity index (χ3v) is 2.46. The van der Waals surface area contributed by atoms with Crippen LogP contribution in [0.15, 0.2) is 27.4 Å². The lowest BCUT2D eigenvalue weighted by atomic mass is 10.2. The summed E-state index contributed by atoms with van der Waals surface area (Å²) in [5.41, 5.74) is -0.549. The van der Waals surface area contributed by atoms with E-state index in [1.165, 1.54) is 6.07 Å². The van der Waals surface area contributed by atoms with Crippen molar-refractivity contribution in [3.8, 4) is 17.2 Å². The van der Waals surface area contributed by atoms with E-state index in [0.717, 1.165) is 0 Å². The molecule has 0 saturated carbocycles. The predicted octanol–water partition coefficient (Wildman–Crippen LogP) is 1.27. The van der Waals surface area contributed by atoms with Crippen molar-refractivity contribution < 1.29 is 24.1 Å². The lowest BCUT2D eigenvalue weighted by Gasteiger charge is -2.08. The largest absolute Gasteiger partial charge is 0.504 e. The van der Waals surface area contributed by atoms with Gasteiger partial charge < -0.3 is 24.1 Å². The molecule has 0 aliphatic heterocycles. The zero-order chi connectivity index (χ0) is 13.8. The molecule has 2 N–H and O–H groups in total. The molecule has 1 heterocycles. The van der Waals surface area contributed by atoms with Gasteiger partial charge in [-0.1, -0.05) is 0 Å². The minimum Gasteiger partial charge on any atom is -0.504 e. The maximum atomic E-state index is 11.6. The highest BCUT2D eigenvalue weighted by Gasteiger charge is 2.15.